The van der Waals surface area contributed by atoms with E-state index in [0.717, 1.165) is 18.6 Å². The molecule has 22 heavy (non-hydrogen) atoms. The summed E-state index contributed by atoms with van der Waals surface area (Å²) in [6.45, 7) is 2.51. The van der Waals surface area contributed by atoms with Crippen molar-refractivity contribution in [2.24, 2.45) is 0 Å². The van der Waals surface area contributed by atoms with Crippen LogP contribution in [0.25, 0.3) is 0 Å². The number of amides is 1. The minimum atomic E-state index is -0.269. The fraction of sp³-hybridized carbons (Fsp3) is 0.438. The molecule has 1 aromatic heterocycles. The van der Waals surface area contributed by atoms with Crippen LogP contribution in [0.1, 0.15) is 35.5 Å². The molecule has 2 heterocycles. The molecule has 1 aromatic carbocycles. The molecule has 0 saturated carbocycles. The highest BCUT2D eigenvalue weighted by Gasteiger charge is 2.27. The van der Waals surface area contributed by atoms with E-state index in [1.54, 1.807) is 11.9 Å². The number of benzene rings is 1. The lowest BCUT2D eigenvalue weighted by Gasteiger charge is -2.19. The Kier molecular flexibility index (Phi) is 4.09. The van der Waals surface area contributed by atoms with Crippen LogP contribution < -0.4 is 4.74 Å². The number of nitrogens with zero attached hydrogens (tertiary/aromatic N) is 3. The minimum Gasteiger partial charge on any atom is -0.488 e. The van der Waals surface area contributed by atoms with Gasteiger partial charge in [0.2, 0.25) is 5.89 Å². The summed E-state index contributed by atoms with van der Waals surface area (Å²) in [5.41, 5.74) is 1.18. The number of ether oxygens (including phenoxy) is 1. The number of hydrogen-bond acceptors (Lipinski definition) is 5. The van der Waals surface area contributed by atoms with Gasteiger partial charge in [-0.05, 0) is 18.1 Å². The van der Waals surface area contributed by atoms with E-state index in [2.05, 4.69) is 10.2 Å². The zero-order valence-corrected chi connectivity index (χ0v) is 12.8. The molecule has 6 nitrogen and oxygen atoms in total. The van der Waals surface area contributed by atoms with Crippen LogP contribution in [0.4, 0.5) is 0 Å². The molecule has 1 aliphatic rings. The fourth-order valence-corrected chi connectivity index (χ4v) is 2.56. The van der Waals surface area contributed by atoms with Crippen LogP contribution in [-0.2, 0) is 12.8 Å². The second kappa shape index (κ2) is 6.17. The quantitative estimate of drug-likeness (QED) is 0.846. The maximum absolute atomic E-state index is 12.3. The van der Waals surface area contributed by atoms with Crippen LogP contribution in [0.3, 0.4) is 0 Å². The van der Waals surface area contributed by atoms with Crippen molar-refractivity contribution >= 4 is 5.91 Å². The lowest BCUT2D eigenvalue weighted by molar-refractivity contribution is 0.0690. The topological polar surface area (TPSA) is 68.5 Å². The van der Waals surface area contributed by atoms with E-state index in [4.69, 9.17) is 9.15 Å². The standard InChI is InChI=1S/C16H19N3O3/c1-3-6-14-17-18-15(22-14)16(20)19(2)10-12-9-11-7-4-5-8-13(11)21-12/h4-5,7-8,12H,3,6,9-10H2,1-2H3. The molecule has 0 fully saturated rings. The molecule has 0 aliphatic carbocycles. The van der Waals surface area contributed by atoms with Crippen LogP contribution in [-0.4, -0.2) is 40.7 Å². The van der Waals surface area contributed by atoms with Crippen molar-refractivity contribution < 1.29 is 13.9 Å². The average Bonchev–Trinajstić information content (AvgIpc) is 3.12. The Morgan fingerprint density at radius 3 is 2.95 bits per heavy atom. The van der Waals surface area contributed by atoms with E-state index in [1.807, 2.05) is 31.2 Å². The van der Waals surface area contributed by atoms with E-state index in [0.29, 0.717) is 18.9 Å². The van der Waals surface area contributed by atoms with E-state index < -0.39 is 0 Å². The fourth-order valence-electron chi connectivity index (χ4n) is 2.56. The second-order valence-electron chi connectivity index (χ2n) is 5.49. The Balaban J connectivity index is 1.60. The van der Waals surface area contributed by atoms with Gasteiger partial charge in [-0.25, -0.2) is 0 Å². The largest absolute Gasteiger partial charge is 0.488 e. The molecule has 0 saturated heterocycles. The lowest BCUT2D eigenvalue weighted by atomic mass is 10.1. The molecule has 1 aliphatic heterocycles. The van der Waals surface area contributed by atoms with Crippen LogP contribution >= 0.6 is 0 Å². The van der Waals surface area contributed by atoms with Crippen LogP contribution in [0, 0.1) is 0 Å². The molecule has 6 heteroatoms. The van der Waals surface area contributed by atoms with E-state index in [9.17, 15) is 4.79 Å². The van der Waals surface area contributed by atoms with E-state index >= 15 is 0 Å². The predicted octanol–water partition coefficient (Wildman–Crippen LogP) is 2.10. The van der Waals surface area contributed by atoms with Crippen molar-refractivity contribution in [3.8, 4) is 5.75 Å². The summed E-state index contributed by atoms with van der Waals surface area (Å²) in [6, 6.07) is 7.94. The van der Waals surface area contributed by atoms with Gasteiger partial charge in [-0.1, -0.05) is 25.1 Å². The first-order valence-corrected chi connectivity index (χ1v) is 7.49. The second-order valence-corrected chi connectivity index (χ2v) is 5.49. The number of para-hydroxylation sites is 1. The smallest absolute Gasteiger partial charge is 0.311 e. The van der Waals surface area contributed by atoms with Gasteiger partial charge in [-0.3, -0.25) is 4.79 Å². The summed E-state index contributed by atoms with van der Waals surface area (Å²) in [5, 5.41) is 7.70. The first-order chi connectivity index (χ1) is 10.7. The maximum Gasteiger partial charge on any atom is 0.311 e. The third kappa shape index (κ3) is 2.95. The number of aromatic nitrogens is 2. The molecule has 1 atom stereocenters. The molecule has 2 aromatic rings. The number of hydrogen-bond donors (Lipinski definition) is 0. The normalized spacial score (nSPS) is 16.2. The Labute approximate surface area is 129 Å². The number of likely N-dealkylation sites (N-methyl/N-ethyl adjacent to an activating group) is 1. The Morgan fingerprint density at radius 1 is 1.36 bits per heavy atom. The van der Waals surface area contributed by atoms with Gasteiger partial charge in [0.1, 0.15) is 11.9 Å². The third-order valence-electron chi connectivity index (χ3n) is 3.65. The molecule has 1 amide bonds. The maximum atomic E-state index is 12.3. The highest BCUT2D eigenvalue weighted by Crippen LogP contribution is 2.28. The Morgan fingerprint density at radius 2 is 2.18 bits per heavy atom. The zero-order valence-electron chi connectivity index (χ0n) is 12.8. The van der Waals surface area contributed by atoms with Crippen molar-refractivity contribution in [1.82, 2.24) is 15.1 Å². The molecule has 0 bridgehead atoms. The summed E-state index contributed by atoms with van der Waals surface area (Å²) < 4.78 is 11.2. The highest BCUT2D eigenvalue weighted by molar-refractivity contribution is 5.89. The van der Waals surface area contributed by atoms with Gasteiger partial charge < -0.3 is 14.1 Å². The summed E-state index contributed by atoms with van der Waals surface area (Å²) >= 11 is 0. The van der Waals surface area contributed by atoms with Gasteiger partial charge in [0.05, 0.1) is 6.54 Å². The van der Waals surface area contributed by atoms with Gasteiger partial charge >= 0.3 is 11.8 Å². The van der Waals surface area contributed by atoms with Gasteiger partial charge in [0, 0.05) is 19.9 Å². The first kappa shape index (κ1) is 14.6. The predicted molar refractivity (Wildman–Crippen MR) is 79.8 cm³/mol. The summed E-state index contributed by atoms with van der Waals surface area (Å²) in [4.78, 5) is 13.9. The van der Waals surface area contributed by atoms with Crippen molar-refractivity contribution in [1.29, 1.82) is 0 Å². The van der Waals surface area contributed by atoms with Gasteiger partial charge in [-0.15, -0.1) is 10.2 Å². The first-order valence-electron chi connectivity index (χ1n) is 7.49. The van der Waals surface area contributed by atoms with Crippen molar-refractivity contribution in [2.45, 2.75) is 32.3 Å². The highest BCUT2D eigenvalue weighted by atomic mass is 16.5. The van der Waals surface area contributed by atoms with E-state index in [-0.39, 0.29) is 17.9 Å². The number of carbonyl (C=O) groups excluding carboxylic acids is 1. The van der Waals surface area contributed by atoms with Crippen molar-refractivity contribution in [3.63, 3.8) is 0 Å². The van der Waals surface area contributed by atoms with Gasteiger partial charge in [0.15, 0.2) is 0 Å². The summed E-state index contributed by atoms with van der Waals surface area (Å²) in [7, 11) is 1.72. The Bertz CT molecular complexity index is 643. The molecule has 1 unspecified atom stereocenters. The molecular weight excluding hydrogens is 282 g/mol. The van der Waals surface area contributed by atoms with Crippen LogP contribution in [0.15, 0.2) is 28.7 Å². The molecule has 0 spiro atoms. The number of rotatable bonds is 5. The monoisotopic (exact) mass is 301 g/mol. The van der Waals surface area contributed by atoms with Gasteiger partial charge in [0.25, 0.3) is 0 Å². The molecule has 0 N–H and O–H groups in total. The summed E-state index contributed by atoms with van der Waals surface area (Å²) in [5.74, 6) is 1.18. The lowest BCUT2D eigenvalue weighted by Crippen LogP contribution is -2.36. The molecule has 116 valence electrons. The SMILES string of the molecule is CCCc1nnc(C(=O)N(C)CC2Cc3ccccc3O2)o1. The van der Waals surface area contributed by atoms with Gasteiger partial charge in [-0.2, -0.15) is 0 Å². The number of carbonyl (C=O) groups is 1. The molecule has 0 radical (unpaired) electrons. The molecular formula is C16H19N3O3. The number of fused-ring (bicyclic) bond motifs is 1. The average molecular weight is 301 g/mol. The minimum absolute atomic E-state index is 0.0376. The number of aryl methyl sites for hydroxylation is 1. The van der Waals surface area contributed by atoms with Crippen LogP contribution in [0.5, 0.6) is 5.75 Å². The van der Waals surface area contributed by atoms with Crippen molar-refractivity contribution in [3.05, 3.63) is 41.6 Å². The third-order valence-corrected chi connectivity index (χ3v) is 3.65. The van der Waals surface area contributed by atoms with Crippen LogP contribution in [0.2, 0.25) is 0 Å². The molecule has 3 rings (SSSR count). The summed E-state index contributed by atoms with van der Waals surface area (Å²) in [6.07, 6.45) is 2.35. The van der Waals surface area contributed by atoms with Crippen molar-refractivity contribution in [2.75, 3.05) is 13.6 Å². The van der Waals surface area contributed by atoms with E-state index in [1.165, 1.54) is 5.56 Å². The zero-order chi connectivity index (χ0) is 15.5. The Hall–Kier alpha value is -2.37.